The normalized spacial score (nSPS) is 13.3. The molecule has 0 aromatic carbocycles. The van der Waals surface area contributed by atoms with Crippen LogP contribution in [0.5, 0.6) is 0 Å². The highest BCUT2D eigenvalue weighted by molar-refractivity contribution is 5.86. The van der Waals surface area contributed by atoms with Gasteiger partial charge >= 0.3 is 0 Å². The zero-order valence-electron chi connectivity index (χ0n) is 26.8. The molecule has 2 atom stereocenters. The van der Waals surface area contributed by atoms with Crippen LogP contribution < -0.4 is 11.1 Å². The lowest BCUT2D eigenvalue weighted by Gasteiger charge is -2.21. The van der Waals surface area contributed by atoms with Gasteiger partial charge in [0.2, 0.25) is 0 Å². The Labute approximate surface area is 240 Å². The molecule has 0 fully saturated rings. The van der Waals surface area contributed by atoms with Crippen molar-refractivity contribution in [3.63, 3.8) is 0 Å². The molecule has 228 valence electrons. The number of hydrogen-bond acceptors (Lipinski definition) is 3. The second-order valence-corrected chi connectivity index (χ2v) is 12.3. The summed E-state index contributed by atoms with van der Waals surface area (Å²) in [5, 5.41) is 3.89. The number of carbonyl (C=O) groups is 1. The van der Waals surface area contributed by atoms with E-state index in [-0.39, 0.29) is 12.0 Å². The van der Waals surface area contributed by atoms with Gasteiger partial charge in [-0.1, -0.05) is 156 Å². The molecular weight excluding hydrogens is 464 g/mol. The van der Waals surface area contributed by atoms with Crippen LogP contribution in [0.25, 0.3) is 0 Å². The lowest BCUT2D eigenvalue weighted by Crippen LogP contribution is -2.36. The van der Waals surface area contributed by atoms with E-state index in [1.54, 1.807) is 0 Å². The van der Waals surface area contributed by atoms with Crippen LogP contribution in [0.4, 0.5) is 0 Å². The highest BCUT2D eigenvalue weighted by Gasteiger charge is 2.23. The molecule has 0 rings (SSSR count). The van der Waals surface area contributed by atoms with Gasteiger partial charge in [0, 0.05) is 12.0 Å². The number of carbonyl (C=O) groups excluding carboxylic acids is 1. The largest absolute Gasteiger partial charge is 0.321 e. The Kier molecular flexibility index (Phi) is 29.3. The van der Waals surface area contributed by atoms with Gasteiger partial charge in [0.15, 0.2) is 5.78 Å². The van der Waals surface area contributed by atoms with E-state index in [0.717, 1.165) is 38.6 Å². The quantitative estimate of drug-likeness (QED) is 0.0866. The van der Waals surface area contributed by atoms with Crippen LogP contribution in [0, 0.1) is 5.92 Å². The molecule has 0 spiro atoms. The fraction of sp³-hybridized carbons (Fsp3) is 0.971. The standard InChI is InChI=1S/C35H72N2O/c1-5-9-13-17-21-27-32(26-20-16-12-8-4)35(38)34(36)30-24-25-31-37-33(28-22-18-14-10-6-2)29-23-19-15-11-7-3/h32-34,37H,5-31,36H2,1-4H3. The van der Waals surface area contributed by atoms with Gasteiger partial charge in [-0.2, -0.15) is 0 Å². The number of hydrogen-bond donors (Lipinski definition) is 2. The summed E-state index contributed by atoms with van der Waals surface area (Å²) in [5.74, 6) is 0.563. The zero-order chi connectivity index (χ0) is 28.1. The number of Topliss-reactive ketones (excluding diaryl/α,β-unsaturated/α-hetero) is 1. The lowest BCUT2D eigenvalue weighted by molar-refractivity contribution is -0.124. The Morgan fingerprint density at radius 2 is 0.868 bits per heavy atom. The number of unbranched alkanes of at least 4 members (excludes halogenated alkanes) is 16. The molecule has 0 amide bonds. The van der Waals surface area contributed by atoms with E-state index >= 15 is 0 Å². The molecular formula is C35H72N2O. The van der Waals surface area contributed by atoms with Gasteiger partial charge in [-0.25, -0.2) is 0 Å². The fourth-order valence-corrected chi connectivity index (χ4v) is 5.82. The number of nitrogens with two attached hydrogens (primary N) is 1. The van der Waals surface area contributed by atoms with Gasteiger partial charge in [-0.05, 0) is 45.1 Å². The van der Waals surface area contributed by atoms with Crippen molar-refractivity contribution in [2.75, 3.05) is 6.54 Å². The monoisotopic (exact) mass is 537 g/mol. The van der Waals surface area contributed by atoms with Crippen LogP contribution in [-0.2, 0) is 4.79 Å². The Morgan fingerprint density at radius 3 is 1.32 bits per heavy atom. The van der Waals surface area contributed by atoms with E-state index in [0.29, 0.717) is 11.8 Å². The molecule has 0 aliphatic carbocycles. The molecule has 38 heavy (non-hydrogen) atoms. The van der Waals surface area contributed by atoms with Crippen molar-refractivity contribution in [3.8, 4) is 0 Å². The third kappa shape index (κ3) is 23.5. The summed E-state index contributed by atoms with van der Waals surface area (Å²) in [4.78, 5) is 13.2. The first-order valence-electron chi connectivity index (χ1n) is 17.6. The molecule has 0 radical (unpaired) electrons. The Morgan fingerprint density at radius 1 is 0.500 bits per heavy atom. The molecule has 0 heterocycles. The van der Waals surface area contributed by atoms with E-state index in [9.17, 15) is 4.79 Å². The highest BCUT2D eigenvalue weighted by Crippen LogP contribution is 2.22. The zero-order valence-corrected chi connectivity index (χ0v) is 26.8. The molecule has 0 aromatic rings. The second-order valence-electron chi connectivity index (χ2n) is 12.3. The maximum absolute atomic E-state index is 13.2. The first-order valence-corrected chi connectivity index (χ1v) is 17.6. The van der Waals surface area contributed by atoms with Gasteiger partial charge in [0.1, 0.15) is 0 Å². The van der Waals surface area contributed by atoms with Gasteiger partial charge in [0.05, 0.1) is 6.04 Å². The Balaban J connectivity index is 4.40. The van der Waals surface area contributed by atoms with Crippen molar-refractivity contribution in [1.29, 1.82) is 0 Å². The Bertz CT molecular complexity index is 467. The van der Waals surface area contributed by atoms with Crippen molar-refractivity contribution >= 4 is 5.78 Å². The van der Waals surface area contributed by atoms with Gasteiger partial charge < -0.3 is 11.1 Å². The molecule has 0 aromatic heterocycles. The molecule has 0 aliphatic rings. The first-order chi connectivity index (χ1) is 18.6. The Hall–Kier alpha value is -0.410. The van der Waals surface area contributed by atoms with Gasteiger partial charge in [-0.3, -0.25) is 4.79 Å². The highest BCUT2D eigenvalue weighted by atomic mass is 16.1. The molecule has 0 saturated heterocycles. The van der Waals surface area contributed by atoms with E-state index < -0.39 is 0 Å². The molecule has 2 unspecified atom stereocenters. The summed E-state index contributed by atoms with van der Waals surface area (Å²) in [7, 11) is 0. The first kappa shape index (κ1) is 37.6. The number of rotatable bonds is 31. The topological polar surface area (TPSA) is 55.1 Å². The van der Waals surface area contributed by atoms with Crippen LogP contribution in [0.15, 0.2) is 0 Å². The minimum absolute atomic E-state index is 0.200. The summed E-state index contributed by atoms with van der Waals surface area (Å²) < 4.78 is 0. The van der Waals surface area contributed by atoms with Crippen LogP contribution in [0.1, 0.15) is 195 Å². The minimum Gasteiger partial charge on any atom is -0.321 e. The predicted octanol–water partition coefficient (Wildman–Crippen LogP) is 10.7. The molecule has 0 bridgehead atoms. The van der Waals surface area contributed by atoms with Crippen molar-refractivity contribution in [2.45, 2.75) is 207 Å². The van der Waals surface area contributed by atoms with E-state index in [4.69, 9.17) is 5.73 Å². The van der Waals surface area contributed by atoms with Gasteiger partial charge in [0.25, 0.3) is 0 Å². The van der Waals surface area contributed by atoms with Crippen molar-refractivity contribution in [1.82, 2.24) is 5.32 Å². The van der Waals surface area contributed by atoms with Crippen molar-refractivity contribution < 1.29 is 4.79 Å². The average molecular weight is 537 g/mol. The maximum atomic E-state index is 13.2. The van der Waals surface area contributed by atoms with Crippen molar-refractivity contribution in [2.24, 2.45) is 11.7 Å². The summed E-state index contributed by atoms with van der Waals surface area (Å²) in [6, 6.07) is 0.420. The van der Waals surface area contributed by atoms with E-state index in [1.807, 2.05) is 0 Å². The van der Waals surface area contributed by atoms with Crippen LogP contribution in [-0.4, -0.2) is 24.4 Å². The predicted molar refractivity (Wildman–Crippen MR) is 171 cm³/mol. The third-order valence-electron chi connectivity index (χ3n) is 8.52. The minimum atomic E-state index is -0.255. The summed E-state index contributed by atoms with van der Waals surface area (Å²) in [5.41, 5.74) is 6.48. The smallest absolute Gasteiger partial charge is 0.152 e. The average Bonchev–Trinajstić information content (AvgIpc) is 2.92. The molecule has 3 N–H and O–H groups in total. The van der Waals surface area contributed by atoms with E-state index in [2.05, 4.69) is 33.0 Å². The van der Waals surface area contributed by atoms with Crippen LogP contribution in [0.3, 0.4) is 0 Å². The lowest BCUT2D eigenvalue weighted by atomic mass is 9.86. The maximum Gasteiger partial charge on any atom is 0.152 e. The summed E-state index contributed by atoms with van der Waals surface area (Å²) >= 11 is 0. The summed E-state index contributed by atoms with van der Waals surface area (Å²) in [6.07, 6.45) is 32.9. The van der Waals surface area contributed by atoms with Crippen LogP contribution in [0.2, 0.25) is 0 Å². The number of ketones is 1. The van der Waals surface area contributed by atoms with Gasteiger partial charge in [-0.15, -0.1) is 0 Å². The summed E-state index contributed by atoms with van der Waals surface area (Å²) in [6.45, 7) is 10.2. The molecule has 0 saturated carbocycles. The molecule has 0 aliphatic heterocycles. The molecule has 3 heteroatoms. The molecule has 3 nitrogen and oxygen atoms in total. The second kappa shape index (κ2) is 29.6. The fourth-order valence-electron chi connectivity index (χ4n) is 5.82. The van der Waals surface area contributed by atoms with Crippen molar-refractivity contribution in [3.05, 3.63) is 0 Å². The number of nitrogens with one attached hydrogen (secondary N) is 1. The third-order valence-corrected chi connectivity index (χ3v) is 8.52. The SMILES string of the molecule is CCCCCCCC(CCCCCCC)NCCCCC(N)C(=O)C(CCCCCC)CCCCCCC. The van der Waals surface area contributed by atoms with Crippen LogP contribution >= 0.6 is 0 Å². The van der Waals surface area contributed by atoms with E-state index in [1.165, 1.54) is 135 Å².